The zero-order valence-corrected chi connectivity index (χ0v) is 12.2. The van der Waals surface area contributed by atoms with Gasteiger partial charge in [-0.25, -0.2) is 9.59 Å². The number of carbonyl (C=O) groups is 3. The van der Waals surface area contributed by atoms with Crippen LogP contribution in [0.5, 0.6) is 0 Å². The van der Waals surface area contributed by atoms with Gasteiger partial charge in [0, 0.05) is 31.7 Å². The number of piperidine rings is 1. The van der Waals surface area contributed by atoms with E-state index < -0.39 is 17.5 Å². The predicted molar refractivity (Wildman–Crippen MR) is 74.0 cm³/mol. The van der Waals surface area contributed by atoms with E-state index in [1.807, 2.05) is 6.92 Å². The number of carboxylic acids is 2. The second-order valence-electron chi connectivity index (χ2n) is 5.36. The third-order valence-corrected chi connectivity index (χ3v) is 3.57. The molecule has 21 heavy (non-hydrogen) atoms. The first-order valence-electron chi connectivity index (χ1n) is 6.79. The number of rotatable bonds is 2. The first-order chi connectivity index (χ1) is 9.75. The van der Waals surface area contributed by atoms with Crippen molar-refractivity contribution in [1.29, 1.82) is 0 Å². The summed E-state index contributed by atoms with van der Waals surface area (Å²) >= 11 is 0. The van der Waals surface area contributed by atoms with E-state index in [1.54, 1.807) is 0 Å². The Morgan fingerprint density at radius 3 is 2.05 bits per heavy atom. The largest absolute Gasteiger partial charge is 0.478 e. The van der Waals surface area contributed by atoms with Crippen molar-refractivity contribution in [3.05, 3.63) is 12.2 Å². The molecule has 0 aromatic carbocycles. The van der Waals surface area contributed by atoms with Crippen molar-refractivity contribution in [3.8, 4) is 0 Å². The monoisotopic (exact) mass is 299 g/mol. The SMILES string of the molecule is CC1CC(=O)C2(CCN(C)CC2)O1.O=C(O)/C=C\C(=O)O. The number of hydrogen-bond acceptors (Lipinski definition) is 5. The minimum Gasteiger partial charge on any atom is -0.478 e. The molecule has 2 aliphatic rings. The number of ether oxygens (including phenoxy) is 1. The lowest BCUT2D eigenvalue weighted by molar-refractivity contribution is -0.138. The number of aliphatic carboxylic acids is 2. The Balaban J connectivity index is 0.000000240. The molecule has 2 rings (SSSR count). The molecule has 0 bridgehead atoms. The molecule has 1 atom stereocenters. The van der Waals surface area contributed by atoms with Gasteiger partial charge in [0.15, 0.2) is 5.78 Å². The van der Waals surface area contributed by atoms with Crippen LogP contribution in [0.1, 0.15) is 26.2 Å². The quantitative estimate of drug-likeness (QED) is 0.717. The summed E-state index contributed by atoms with van der Waals surface area (Å²) in [6.07, 6.45) is 3.63. The maximum absolute atomic E-state index is 11.7. The highest BCUT2D eigenvalue weighted by Crippen LogP contribution is 2.35. The molecular weight excluding hydrogens is 278 g/mol. The molecule has 118 valence electrons. The van der Waals surface area contributed by atoms with Crippen LogP contribution in [0.3, 0.4) is 0 Å². The summed E-state index contributed by atoms with van der Waals surface area (Å²) in [6, 6.07) is 0. The molecule has 0 amide bonds. The van der Waals surface area contributed by atoms with Crippen LogP contribution in [0.2, 0.25) is 0 Å². The van der Waals surface area contributed by atoms with Crippen molar-refractivity contribution in [3.63, 3.8) is 0 Å². The molecule has 2 saturated heterocycles. The topological polar surface area (TPSA) is 104 Å². The summed E-state index contributed by atoms with van der Waals surface area (Å²) in [5.41, 5.74) is -0.397. The van der Waals surface area contributed by atoms with Crippen LogP contribution in [0.15, 0.2) is 12.2 Å². The first kappa shape index (κ1) is 17.3. The molecule has 7 heteroatoms. The van der Waals surface area contributed by atoms with E-state index in [1.165, 1.54) is 0 Å². The molecule has 0 aliphatic carbocycles. The lowest BCUT2D eigenvalue weighted by atomic mass is 9.87. The van der Waals surface area contributed by atoms with E-state index in [2.05, 4.69) is 11.9 Å². The van der Waals surface area contributed by atoms with E-state index in [-0.39, 0.29) is 6.10 Å². The van der Waals surface area contributed by atoms with Crippen LogP contribution in [0.25, 0.3) is 0 Å². The number of likely N-dealkylation sites (tertiary alicyclic amines) is 1. The third-order valence-electron chi connectivity index (χ3n) is 3.57. The van der Waals surface area contributed by atoms with Gasteiger partial charge in [0.25, 0.3) is 0 Å². The molecule has 0 saturated carbocycles. The molecule has 0 aromatic heterocycles. The maximum atomic E-state index is 11.7. The van der Waals surface area contributed by atoms with Gasteiger partial charge >= 0.3 is 11.9 Å². The second kappa shape index (κ2) is 7.33. The Morgan fingerprint density at radius 1 is 1.24 bits per heavy atom. The van der Waals surface area contributed by atoms with E-state index >= 15 is 0 Å². The molecule has 2 aliphatic heterocycles. The van der Waals surface area contributed by atoms with Gasteiger partial charge in [-0.05, 0) is 26.8 Å². The number of ketones is 1. The highest BCUT2D eigenvalue weighted by Gasteiger charge is 2.47. The van der Waals surface area contributed by atoms with Crippen LogP contribution in [0, 0.1) is 0 Å². The molecule has 2 heterocycles. The number of carboxylic acid groups (broad SMARTS) is 2. The Labute approximate surface area is 123 Å². The number of nitrogens with zero attached hydrogens (tertiary/aromatic N) is 1. The van der Waals surface area contributed by atoms with Gasteiger partial charge in [0.05, 0.1) is 6.10 Å². The van der Waals surface area contributed by atoms with Gasteiger partial charge in [-0.3, -0.25) is 4.79 Å². The van der Waals surface area contributed by atoms with Crippen LogP contribution in [-0.4, -0.2) is 64.7 Å². The van der Waals surface area contributed by atoms with Crippen molar-refractivity contribution in [1.82, 2.24) is 4.90 Å². The van der Waals surface area contributed by atoms with Gasteiger partial charge in [-0.2, -0.15) is 0 Å². The van der Waals surface area contributed by atoms with E-state index in [0.717, 1.165) is 25.9 Å². The fraction of sp³-hybridized carbons (Fsp3) is 0.643. The maximum Gasteiger partial charge on any atom is 0.328 e. The summed E-state index contributed by atoms with van der Waals surface area (Å²) in [5.74, 6) is -2.19. The van der Waals surface area contributed by atoms with E-state index in [9.17, 15) is 14.4 Å². The van der Waals surface area contributed by atoms with Gasteiger partial charge < -0.3 is 19.8 Å². The standard InChI is InChI=1S/C10H17NO2.C4H4O4/c1-8-7-9(12)10(13-8)3-5-11(2)6-4-10;5-3(6)1-2-4(7)8/h8H,3-7H2,1-2H3;1-2H,(H,5,6)(H,7,8)/b;2-1-. The van der Waals surface area contributed by atoms with Gasteiger partial charge in [-0.15, -0.1) is 0 Å². The van der Waals surface area contributed by atoms with Crippen LogP contribution in [-0.2, 0) is 19.1 Å². The summed E-state index contributed by atoms with van der Waals surface area (Å²) in [6.45, 7) is 3.96. The summed E-state index contributed by atoms with van der Waals surface area (Å²) in [4.78, 5) is 33.1. The van der Waals surface area contributed by atoms with Crippen molar-refractivity contribution >= 4 is 17.7 Å². The van der Waals surface area contributed by atoms with Gasteiger partial charge in [-0.1, -0.05) is 0 Å². The lowest BCUT2D eigenvalue weighted by Crippen LogP contribution is -2.46. The second-order valence-corrected chi connectivity index (χ2v) is 5.36. The Hall–Kier alpha value is -1.73. The first-order valence-corrected chi connectivity index (χ1v) is 6.79. The summed E-state index contributed by atoms with van der Waals surface area (Å²) < 4.78 is 5.77. The molecule has 1 spiro atoms. The van der Waals surface area contributed by atoms with Gasteiger partial charge in [0.2, 0.25) is 0 Å². The average Bonchev–Trinajstić information content (AvgIpc) is 2.66. The Kier molecular flexibility index (Phi) is 6.04. The summed E-state index contributed by atoms with van der Waals surface area (Å²) in [7, 11) is 2.09. The van der Waals surface area contributed by atoms with Crippen molar-refractivity contribution in [2.75, 3.05) is 20.1 Å². The molecule has 7 nitrogen and oxygen atoms in total. The fourth-order valence-electron chi connectivity index (χ4n) is 2.46. The van der Waals surface area contributed by atoms with Crippen molar-refractivity contribution in [2.45, 2.75) is 37.9 Å². The van der Waals surface area contributed by atoms with Crippen LogP contribution < -0.4 is 0 Å². The zero-order chi connectivity index (χ0) is 16.0. The molecular formula is C14H21NO6. The lowest BCUT2D eigenvalue weighted by Gasteiger charge is -2.35. The fourth-order valence-corrected chi connectivity index (χ4v) is 2.46. The Bertz CT molecular complexity index is 421. The van der Waals surface area contributed by atoms with E-state index in [0.29, 0.717) is 24.4 Å². The molecule has 2 N–H and O–H groups in total. The molecule has 1 unspecified atom stereocenters. The molecule has 2 fully saturated rings. The smallest absolute Gasteiger partial charge is 0.328 e. The third kappa shape index (κ3) is 5.28. The molecule has 0 radical (unpaired) electrons. The average molecular weight is 299 g/mol. The highest BCUT2D eigenvalue weighted by atomic mass is 16.5. The minimum absolute atomic E-state index is 0.135. The summed E-state index contributed by atoms with van der Waals surface area (Å²) in [5, 5.41) is 15.6. The molecule has 0 aromatic rings. The normalized spacial score (nSPS) is 24.9. The van der Waals surface area contributed by atoms with E-state index in [4.69, 9.17) is 14.9 Å². The highest BCUT2D eigenvalue weighted by molar-refractivity contribution is 5.90. The number of Topliss-reactive ketones (excluding diaryl/α,β-unsaturated/α-hetero) is 1. The Morgan fingerprint density at radius 2 is 1.71 bits per heavy atom. The van der Waals surface area contributed by atoms with Crippen molar-refractivity contribution < 1.29 is 29.3 Å². The minimum atomic E-state index is -1.26. The zero-order valence-electron chi connectivity index (χ0n) is 12.2. The van der Waals surface area contributed by atoms with Gasteiger partial charge in [0.1, 0.15) is 5.60 Å². The van der Waals surface area contributed by atoms with Crippen LogP contribution >= 0.6 is 0 Å². The predicted octanol–water partition coefficient (Wildman–Crippen LogP) is 0.541. The number of carbonyl (C=O) groups excluding carboxylic acids is 1. The van der Waals surface area contributed by atoms with Crippen LogP contribution in [0.4, 0.5) is 0 Å². The number of hydrogen-bond donors (Lipinski definition) is 2. The van der Waals surface area contributed by atoms with Crippen molar-refractivity contribution in [2.24, 2.45) is 0 Å².